The number of hydrogen-bond acceptors (Lipinski definition) is 1. The molecule has 0 saturated carbocycles. The number of allylic oxidation sites excluding steroid dienone is 2. The van der Waals surface area contributed by atoms with E-state index in [1.807, 2.05) is 54.5 Å². The maximum atomic E-state index is 11.4. The molecule has 0 fully saturated rings. The van der Waals surface area contributed by atoms with E-state index in [9.17, 15) is 4.21 Å². The molecule has 0 rings (SSSR count). The van der Waals surface area contributed by atoms with Crippen molar-refractivity contribution in [2.75, 3.05) is 0 Å². The summed E-state index contributed by atoms with van der Waals surface area (Å²) in [7, 11) is -1.13. The molecule has 0 N–H and O–H groups in total. The predicted molar refractivity (Wildman–Crippen MR) is 78.4 cm³/mol. The fourth-order valence-electron chi connectivity index (χ4n) is 0.364. The van der Waals surface area contributed by atoms with Gasteiger partial charge in [-0.25, -0.2) is 4.21 Å². The summed E-state index contributed by atoms with van der Waals surface area (Å²) in [6, 6.07) is 0. The topological polar surface area (TPSA) is 29.4 Å². The molecule has 2 nitrogen and oxygen atoms in total. The second-order valence-corrected chi connectivity index (χ2v) is 5.56. The Morgan fingerprint density at radius 3 is 1.88 bits per heavy atom. The molecule has 0 amide bonds. The highest BCUT2D eigenvalue weighted by Gasteiger charge is 2.17. The summed E-state index contributed by atoms with van der Waals surface area (Å²) in [6.45, 7) is 19.6. The molecular formula is C13H27NOS. The van der Waals surface area contributed by atoms with Crippen LogP contribution in [0.5, 0.6) is 0 Å². The molecule has 0 bridgehead atoms. The first-order valence-electron chi connectivity index (χ1n) is 5.47. The van der Waals surface area contributed by atoms with Gasteiger partial charge in [0, 0.05) is 6.21 Å². The van der Waals surface area contributed by atoms with Crippen molar-refractivity contribution in [3.63, 3.8) is 0 Å². The van der Waals surface area contributed by atoms with Gasteiger partial charge in [-0.15, -0.1) is 13.2 Å². The Morgan fingerprint density at radius 1 is 1.25 bits per heavy atom. The van der Waals surface area contributed by atoms with Gasteiger partial charge in [0.2, 0.25) is 0 Å². The average molecular weight is 245 g/mol. The van der Waals surface area contributed by atoms with Crippen molar-refractivity contribution in [1.29, 1.82) is 0 Å². The van der Waals surface area contributed by atoms with Gasteiger partial charge in [-0.3, -0.25) is 0 Å². The van der Waals surface area contributed by atoms with Crippen LogP contribution in [0.3, 0.4) is 0 Å². The lowest BCUT2D eigenvalue weighted by Crippen LogP contribution is -2.19. The van der Waals surface area contributed by atoms with Gasteiger partial charge in [-0.1, -0.05) is 19.9 Å². The molecule has 0 heterocycles. The van der Waals surface area contributed by atoms with Crippen LogP contribution < -0.4 is 0 Å². The Labute approximate surface area is 104 Å². The molecule has 0 radical (unpaired) electrons. The van der Waals surface area contributed by atoms with Crippen LogP contribution >= 0.6 is 0 Å². The standard InChI is InChI=1S/C9H17NOS.C2H6.C2H4/c1-6-8(2)7-10-12(11)9(3,4)5;2*1-2/h6-7H,1-5H3;1-2H3;1-2H2/b8-6+,10-7+;;. The van der Waals surface area contributed by atoms with E-state index in [2.05, 4.69) is 17.6 Å². The van der Waals surface area contributed by atoms with E-state index in [1.165, 1.54) is 0 Å². The van der Waals surface area contributed by atoms with E-state index in [0.29, 0.717) is 0 Å². The summed E-state index contributed by atoms with van der Waals surface area (Å²) in [5, 5.41) is 0. The Morgan fingerprint density at radius 2 is 1.62 bits per heavy atom. The molecule has 0 aliphatic carbocycles. The van der Waals surface area contributed by atoms with Crippen molar-refractivity contribution >= 4 is 17.2 Å². The molecule has 1 unspecified atom stereocenters. The molecular weight excluding hydrogens is 218 g/mol. The molecule has 0 aliphatic heterocycles. The van der Waals surface area contributed by atoms with Gasteiger partial charge in [0.25, 0.3) is 0 Å². The van der Waals surface area contributed by atoms with Gasteiger partial charge in [-0.05, 0) is 40.2 Å². The fraction of sp³-hybridized carbons (Fsp3) is 0.615. The third-order valence-electron chi connectivity index (χ3n) is 1.33. The van der Waals surface area contributed by atoms with Gasteiger partial charge in [0.15, 0.2) is 0 Å². The lowest BCUT2D eigenvalue weighted by Gasteiger charge is -2.12. The van der Waals surface area contributed by atoms with E-state index in [0.717, 1.165) is 5.57 Å². The van der Waals surface area contributed by atoms with E-state index in [4.69, 9.17) is 0 Å². The third kappa shape index (κ3) is 13.3. The van der Waals surface area contributed by atoms with E-state index >= 15 is 0 Å². The molecule has 96 valence electrons. The first-order valence-corrected chi connectivity index (χ1v) is 6.57. The molecule has 0 aromatic carbocycles. The minimum atomic E-state index is -1.13. The van der Waals surface area contributed by atoms with Crippen LogP contribution in [0.1, 0.15) is 48.5 Å². The van der Waals surface area contributed by atoms with Crippen molar-refractivity contribution < 1.29 is 4.21 Å². The maximum absolute atomic E-state index is 11.4. The summed E-state index contributed by atoms with van der Waals surface area (Å²) in [4.78, 5) is 0. The van der Waals surface area contributed by atoms with Crippen LogP contribution in [0, 0.1) is 0 Å². The van der Waals surface area contributed by atoms with Gasteiger partial charge < -0.3 is 0 Å². The van der Waals surface area contributed by atoms with Crippen LogP contribution in [0.4, 0.5) is 0 Å². The van der Waals surface area contributed by atoms with Crippen molar-refractivity contribution in [1.82, 2.24) is 0 Å². The smallest absolute Gasteiger partial charge is 0.144 e. The van der Waals surface area contributed by atoms with Crippen molar-refractivity contribution in [3.8, 4) is 0 Å². The van der Waals surface area contributed by atoms with E-state index < -0.39 is 11.0 Å². The third-order valence-corrected chi connectivity index (χ3v) is 2.68. The van der Waals surface area contributed by atoms with Crippen molar-refractivity contribution in [2.45, 2.75) is 53.2 Å². The number of nitrogens with zero attached hydrogens (tertiary/aromatic N) is 1. The second-order valence-electron chi connectivity index (χ2n) is 3.63. The molecule has 1 atom stereocenters. The van der Waals surface area contributed by atoms with E-state index in [-0.39, 0.29) is 4.75 Å². The summed E-state index contributed by atoms with van der Waals surface area (Å²) >= 11 is 0. The maximum Gasteiger partial charge on any atom is 0.144 e. The average Bonchev–Trinajstić information content (AvgIpc) is 2.29. The van der Waals surface area contributed by atoms with Crippen LogP contribution in [-0.2, 0) is 11.0 Å². The van der Waals surface area contributed by atoms with Gasteiger partial charge >= 0.3 is 0 Å². The molecule has 0 aromatic rings. The molecule has 0 aliphatic rings. The van der Waals surface area contributed by atoms with E-state index in [1.54, 1.807) is 6.21 Å². The summed E-state index contributed by atoms with van der Waals surface area (Å²) < 4.78 is 15.1. The number of rotatable bonds is 2. The zero-order valence-electron chi connectivity index (χ0n) is 11.8. The first-order chi connectivity index (χ1) is 7.38. The zero-order chi connectivity index (χ0) is 13.8. The quantitative estimate of drug-likeness (QED) is 0.526. The second kappa shape index (κ2) is 12.4. The first kappa shape index (κ1) is 20.7. The van der Waals surface area contributed by atoms with Gasteiger partial charge in [-0.2, -0.15) is 4.40 Å². The molecule has 16 heavy (non-hydrogen) atoms. The molecule has 0 saturated heterocycles. The van der Waals surface area contributed by atoms with Crippen molar-refractivity contribution in [2.24, 2.45) is 4.40 Å². The Hall–Kier alpha value is -0.700. The SMILES string of the molecule is C/C=C(C)/C=N/S(=O)C(C)(C)C.C=C.CC. The van der Waals surface area contributed by atoms with Crippen LogP contribution in [-0.4, -0.2) is 15.2 Å². The normalized spacial score (nSPS) is 13.3. The molecule has 0 aromatic heterocycles. The highest BCUT2D eigenvalue weighted by Crippen LogP contribution is 2.11. The molecule has 3 heteroatoms. The monoisotopic (exact) mass is 245 g/mol. The Bertz CT molecular complexity index is 237. The minimum Gasteiger partial charge on any atom is -0.234 e. The summed E-state index contributed by atoms with van der Waals surface area (Å²) in [6.07, 6.45) is 3.59. The zero-order valence-corrected chi connectivity index (χ0v) is 12.6. The Kier molecular flexibility index (Phi) is 16.0. The molecule has 0 spiro atoms. The van der Waals surface area contributed by atoms with Gasteiger partial charge in [0.1, 0.15) is 11.0 Å². The Balaban J connectivity index is -0.000000376. The van der Waals surface area contributed by atoms with Crippen LogP contribution in [0.25, 0.3) is 0 Å². The lowest BCUT2D eigenvalue weighted by atomic mass is 10.3. The predicted octanol–water partition coefficient (Wildman–Crippen LogP) is 4.31. The summed E-state index contributed by atoms with van der Waals surface area (Å²) in [5.41, 5.74) is 1.03. The highest BCUT2D eigenvalue weighted by atomic mass is 32.2. The number of hydrogen-bond donors (Lipinski definition) is 0. The fourth-order valence-corrected chi connectivity index (χ4v) is 0.942. The van der Waals surface area contributed by atoms with Crippen LogP contribution in [0.15, 0.2) is 29.2 Å². The summed E-state index contributed by atoms with van der Waals surface area (Å²) in [5.74, 6) is 0. The van der Waals surface area contributed by atoms with Crippen molar-refractivity contribution in [3.05, 3.63) is 24.8 Å². The minimum absolute atomic E-state index is 0.259. The highest BCUT2D eigenvalue weighted by molar-refractivity contribution is 7.85. The van der Waals surface area contributed by atoms with Crippen LogP contribution in [0.2, 0.25) is 0 Å². The lowest BCUT2D eigenvalue weighted by molar-refractivity contribution is 0.651. The largest absolute Gasteiger partial charge is 0.234 e. The van der Waals surface area contributed by atoms with Gasteiger partial charge in [0.05, 0.1) is 4.75 Å².